The van der Waals surface area contributed by atoms with E-state index in [1.807, 2.05) is 38.3 Å². The summed E-state index contributed by atoms with van der Waals surface area (Å²) in [4.78, 5) is 17.4. The van der Waals surface area contributed by atoms with Crippen molar-refractivity contribution >= 4 is 22.3 Å². The van der Waals surface area contributed by atoms with Gasteiger partial charge in [0.25, 0.3) is 0 Å². The molecule has 0 bridgehead atoms. The van der Waals surface area contributed by atoms with Gasteiger partial charge in [0.2, 0.25) is 5.43 Å². The molecule has 2 heterocycles. The van der Waals surface area contributed by atoms with Gasteiger partial charge in [0.1, 0.15) is 17.1 Å². The molecule has 3 aromatic rings. The molecule has 0 aliphatic heterocycles. The number of hydrogen-bond donors (Lipinski definition) is 0. The minimum atomic E-state index is -0.0354. The number of aromatic nitrogens is 1. The molecule has 1 aromatic carbocycles. The fourth-order valence-electron chi connectivity index (χ4n) is 2.72. The molecule has 0 fully saturated rings. The zero-order chi connectivity index (χ0) is 16.6. The van der Waals surface area contributed by atoms with Crippen LogP contribution in [-0.2, 0) is 6.42 Å². The average Bonchev–Trinajstić information content (AvgIpc) is 2.93. The maximum Gasteiger partial charge on any atom is 0.202 e. The van der Waals surface area contributed by atoms with E-state index < -0.39 is 0 Å². The molecule has 3 rings (SSSR count). The first-order valence-electron chi connectivity index (χ1n) is 7.70. The molecule has 0 atom stereocenters. The highest BCUT2D eigenvalue weighted by Crippen LogP contribution is 2.29. The maximum atomic E-state index is 13.0. The summed E-state index contributed by atoms with van der Waals surface area (Å²) in [5, 5.41) is 3.41. The van der Waals surface area contributed by atoms with E-state index in [1.54, 1.807) is 6.92 Å². The van der Waals surface area contributed by atoms with Gasteiger partial charge in [-0.15, -0.1) is 11.3 Å². The Hall–Kier alpha value is -2.14. The van der Waals surface area contributed by atoms with Crippen LogP contribution in [0.4, 0.5) is 0 Å². The van der Waals surface area contributed by atoms with Gasteiger partial charge in [-0.3, -0.25) is 4.79 Å². The second kappa shape index (κ2) is 6.16. The van der Waals surface area contributed by atoms with Gasteiger partial charge in [-0.1, -0.05) is 6.92 Å². The Balaban J connectivity index is 2.30. The summed E-state index contributed by atoms with van der Waals surface area (Å²) < 4.78 is 11.6. The van der Waals surface area contributed by atoms with Crippen molar-refractivity contribution < 1.29 is 9.15 Å². The highest BCUT2D eigenvalue weighted by molar-refractivity contribution is 7.09. The molecule has 4 nitrogen and oxygen atoms in total. The lowest BCUT2D eigenvalue weighted by Gasteiger charge is -2.11. The molecule has 120 valence electrons. The highest BCUT2D eigenvalue weighted by Gasteiger charge is 2.17. The van der Waals surface area contributed by atoms with E-state index >= 15 is 0 Å². The van der Waals surface area contributed by atoms with Crippen LogP contribution in [0.15, 0.2) is 26.7 Å². The molecule has 0 amide bonds. The van der Waals surface area contributed by atoms with Gasteiger partial charge in [-0.25, -0.2) is 4.98 Å². The quantitative estimate of drug-likeness (QED) is 0.707. The Morgan fingerprint density at radius 2 is 2.04 bits per heavy atom. The van der Waals surface area contributed by atoms with Crippen LogP contribution in [0, 0.1) is 13.8 Å². The third-order valence-electron chi connectivity index (χ3n) is 3.81. The third kappa shape index (κ3) is 2.77. The number of ether oxygens (including phenoxy) is 1. The van der Waals surface area contributed by atoms with Gasteiger partial charge in [0.15, 0.2) is 0 Å². The number of benzene rings is 1. The van der Waals surface area contributed by atoms with Crippen LogP contribution < -0.4 is 10.2 Å². The van der Waals surface area contributed by atoms with Gasteiger partial charge >= 0.3 is 0 Å². The van der Waals surface area contributed by atoms with Crippen molar-refractivity contribution in [1.29, 1.82) is 0 Å². The number of rotatable bonds is 4. The van der Waals surface area contributed by atoms with Gasteiger partial charge in [-0.2, -0.15) is 0 Å². The lowest BCUT2D eigenvalue weighted by Crippen LogP contribution is -2.09. The van der Waals surface area contributed by atoms with Gasteiger partial charge < -0.3 is 9.15 Å². The van der Waals surface area contributed by atoms with Crippen LogP contribution in [0.1, 0.15) is 30.2 Å². The minimum absolute atomic E-state index is 0.0354. The molecule has 0 aliphatic carbocycles. The molecule has 0 saturated heterocycles. The predicted molar refractivity (Wildman–Crippen MR) is 93.6 cm³/mol. The Morgan fingerprint density at radius 1 is 1.26 bits per heavy atom. The van der Waals surface area contributed by atoms with E-state index in [0.29, 0.717) is 34.6 Å². The van der Waals surface area contributed by atoms with E-state index in [9.17, 15) is 4.79 Å². The monoisotopic (exact) mass is 329 g/mol. The lowest BCUT2D eigenvalue weighted by atomic mass is 10.0. The van der Waals surface area contributed by atoms with E-state index in [4.69, 9.17) is 9.15 Å². The number of fused-ring (bicyclic) bond motifs is 1. The number of aryl methyl sites for hydroxylation is 3. The van der Waals surface area contributed by atoms with E-state index in [0.717, 1.165) is 22.7 Å². The molecule has 5 heteroatoms. The van der Waals surface area contributed by atoms with Crippen molar-refractivity contribution in [3.05, 3.63) is 44.1 Å². The Morgan fingerprint density at radius 3 is 2.65 bits per heavy atom. The number of thiazole rings is 1. The molecule has 0 N–H and O–H groups in total. The Bertz CT molecular complexity index is 924. The molecular formula is C18H19NO3S. The summed E-state index contributed by atoms with van der Waals surface area (Å²) in [6, 6.07) is 3.70. The second-order valence-electron chi connectivity index (χ2n) is 5.36. The van der Waals surface area contributed by atoms with Crippen LogP contribution in [0.25, 0.3) is 22.2 Å². The van der Waals surface area contributed by atoms with E-state index in [2.05, 4.69) is 4.98 Å². The third-order valence-corrected chi connectivity index (χ3v) is 4.58. The zero-order valence-electron chi connectivity index (χ0n) is 13.7. The molecule has 23 heavy (non-hydrogen) atoms. The standard InChI is InChI=1S/C18H19NO3S/c1-5-12-7-13-16(8-15(12)21-6-2)22-10(3)17(18(13)20)14-9-23-11(4)19-14/h7-9H,5-6H2,1-4H3. The van der Waals surface area contributed by atoms with Crippen LogP contribution in [0.2, 0.25) is 0 Å². The van der Waals surface area contributed by atoms with Gasteiger partial charge in [0, 0.05) is 11.4 Å². The Kier molecular flexibility index (Phi) is 4.22. The van der Waals surface area contributed by atoms with Crippen LogP contribution in [0.3, 0.4) is 0 Å². The van der Waals surface area contributed by atoms with Gasteiger partial charge in [0.05, 0.1) is 28.3 Å². The van der Waals surface area contributed by atoms with Gasteiger partial charge in [-0.05, 0) is 38.8 Å². The maximum absolute atomic E-state index is 13.0. The van der Waals surface area contributed by atoms with E-state index in [-0.39, 0.29) is 5.43 Å². The first-order valence-corrected chi connectivity index (χ1v) is 8.58. The van der Waals surface area contributed by atoms with Crippen molar-refractivity contribution in [1.82, 2.24) is 4.98 Å². The molecule has 0 radical (unpaired) electrons. The summed E-state index contributed by atoms with van der Waals surface area (Å²) in [7, 11) is 0. The zero-order valence-corrected chi connectivity index (χ0v) is 14.5. The Labute approximate surface area is 138 Å². The smallest absolute Gasteiger partial charge is 0.202 e. The molecule has 0 unspecified atom stereocenters. The molecular weight excluding hydrogens is 310 g/mol. The molecule has 0 aliphatic rings. The fourth-order valence-corrected chi connectivity index (χ4v) is 3.32. The summed E-state index contributed by atoms with van der Waals surface area (Å²) in [5.74, 6) is 1.36. The number of hydrogen-bond acceptors (Lipinski definition) is 5. The highest BCUT2D eigenvalue weighted by atomic mass is 32.1. The normalized spacial score (nSPS) is 11.1. The molecule has 0 spiro atoms. The van der Waals surface area contributed by atoms with Crippen LogP contribution >= 0.6 is 11.3 Å². The fraction of sp³-hybridized carbons (Fsp3) is 0.333. The summed E-state index contributed by atoms with van der Waals surface area (Å²) in [6.45, 7) is 8.30. The summed E-state index contributed by atoms with van der Waals surface area (Å²) in [6.07, 6.45) is 0.795. The molecule has 2 aromatic heterocycles. The summed E-state index contributed by atoms with van der Waals surface area (Å²) in [5.41, 5.74) is 2.77. The predicted octanol–water partition coefficient (Wildman–Crippen LogP) is 4.49. The minimum Gasteiger partial charge on any atom is -0.493 e. The van der Waals surface area contributed by atoms with Crippen molar-refractivity contribution in [3.63, 3.8) is 0 Å². The van der Waals surface area contributed by atoms with E-state index in [1.165, 1.54) is 11.3 Å². The van der Waals surface area contributed by atoms with Crippen LogP contribution in [0.5, 0.6) is 5.75 Å². The average molecular weight is 329 g/mol. The van der Waals surface area contributed by atoms with Crippen molar-refractivity contribution in [3.8, 4) is 17.0 Å². The van der Waals surface area contributed by atoms with Crippen molar-refractivity contribution in [2.45, 2.75) is 34.1 Å². The largest absolute Gasteiger partial charge is 0.493 e. The van der Waals surface area contributed by atoms with Crippen molar-refractivity contribution in [2.24, 2.45) is 0 Å². The van der Waals surface area contributed by atoms with Crippen molar-refractivity contribution in [2.75, 3.05) is 6.61 Å². The first-order chi connectivity index (χ1) is 11.0. The number of nitrogens with zero attached hydrogens (tertiary/aromatic N) is 1. The lowest BCUT2D eigenvalue weighted by molar-refractivity contribution is 0.336. The van der Waals surface area contributed by atoms with Crippen LogP contribution in [-0.4, -0.2) is 11.6 Å². The second-order valence-corrected chi connectivity index (χ2v) is 6.42. The molecule has 0 saturated carbocycles. The first kappa shape index (κ1) is 15.7. The summed E-state index contributed by atoms with van der Waals surface area (Å²) >= 11 is 1.53. The SMILES string of the molecule is CCOc1cc2oc(C)c(-c3csc(C)n3)c(=O)c2cc1CC. The topological polar surface area (TPSA) is 52.3 Å².